The van der Waals surface area contributed by atoms with Crippen LogP contribution in [-0.2, 0) is 9.53 Å². The quantitative estimate of drug-likeness (QED) is 0.618. The molecule has 2 N–H and O–H groups in total. The highest BCUT2D eigenvalue weighted by Gasteiger charge is 2.06. The summed E-state index contributed by atoms with van der Waals surface area (Å²) in [5.41, 5.74) is 0.849. The Morgan fingerprint density at radius 3 is 3.00 bits per heavy atom. The van der Waals surface area contributed by atoms with E-state index in [1.54, 1.807) is 0 Å². The summed E-state index contributed by atoms with van der Waals surface area (Å²) in [6.45, 7) is 2.70. The molecule has 0 radical (unpaired) electrons. The molecule has 108 valence electrons. The van der Waals surface area contributed by atoms with Gasteiger partial charge in [0, 0.05) is 13.0 Å². The van der Waals surface area contributed by atoms with E-state index in [1.807, 2.05) is 6.92 Å². The molecule has 0 bridgehead atoms. The minimum absolute atomic E-state index is 0.0572. The molecule has 0 saturated carbocycles. The van der Waals surface area contributed by atoms with Gasteiger partial charge >= 0.3 is 0 Å². The van der Waals surface area contributed by atoms with Crippen molar-refractivity contribution in [1.82, 2.24) is 0 Å². The molecule has 0 aromatic heterocycles. The molecule has 4 nitrogen and oxygen atoms in total. The normalized spacial score (nSPS) is 9.75. The lowest BCUT2D eigenvalue weighted by Crippen LogP contribution is -2.15. The Labute approximate surface area is 117 Å². The first kappa shape index (κ1) is 16.2. The van der Waals surface area contributed by atoms with E-state index >= 15 is 0 Å². The van der Waals surface area contributed by atoms with Gasteiger partial charge in [-0.15, -0.1) is 0 Å². The van der Waals surface area contributed by atoms with E-state index in [0.29, 0.717) is 30.9 Å². The monoisotopic (exact) mass is 279 g/mol. The zero-order valence-corrected chi connectivity index (χ0v) is 11.4. The summed E-state index contributed by atoms with van der Waals surface area (Å²) < 4.78 is 18.3. The van der Waals surface area contributed by atoms with Crippen LogP contribution in [0.15, 0.2) is 18.2 Å². The van der Waals surface area contributed by atoms with Gasteiger partial charge < -0.3 is 15.2 Å². The molecule has 0 saturated heterocycles. The van der Waals surface area contributed by atoms with E-state index in [4.69, 9.17) is 9.84 Å². The van der Waals surface area contributed by atoms with Gasteiger partial charge in [0.25, 0.3) is 0 Å². The summed E-state index contributed by atoms with van der Waals surface area (Å²) in [5, 5.41) is 11.3. The third kappa shape index (κ3) is 5.83. The van der Waals surface area contributed by atoms with Gasteiger partial charge in [0.1, 0.15) is 5.82 Å². The number of hydrogen-bond donors (Lipinski definition) is 2. The van der Waals surface area contributed by atoms with Crippen LogP contribution >= 0.6 is 0 Å². The molecule has 1 rings (SSSR count). The van der Waals surface area contributed by atoms with Crippen LogP contribution in [0.5, 0.6) is 0 Å². The minimum atomic E-state index is -0.425. The smallest absolute Gasteiger partial charge is 0.226 e. The first-order valence-electron chi connectivity index (χ1n) is 6.44. The Bertz CT molecular complexity index is 506. The molecule has 5 heteroatoms. The number of carbonyl (C=O) groups excluding carboxylic acids is 1. The van der Waals surface area contributed by atoms with Crippen molar-refractivity contribution in [3.05, 3.63) is 29.6 Å². The van der Waals surface area contributed by atoms with Crippen LogP contribution < -0.4 is 5.32 Å². The van der Waals surface area contributed by atoms with Gasteiger partial charge in [0.15, 0.2) is 0 Å². The average molecular weight is 279 g/mol. The molecule has 1 amide bonds. The molecule has 0 heterocycles. The highest BCUT2D eigenvalue weighted by atomic mass is 19.1. The molecule has 0 aliphatic rings. The molecule has 0 unspecified atom stereocenters. The maximum absolute atomic E-state index is 13.2. The zero-order valence-electron chi connectivity index (χ0n) is 11.4. The van der Waals surface area contributed by atoms with Crippen molar-refractivity contribution < 1.29 is 19.0 Å². The molecule has 0 atom stereocenters. The number of anilines is 1. The van der Waals surface area contributed by atoms with Gasteiger partial charge in [-0.05, 0) is 25.1 Å². The largest absolute Gasteiger partial charge is 0.395 e. The Hall–Kier alpha value is -1.90. The second-order valence-electron chi connectivity index (χ2n) is 3.96. The SMILES string of the molecule is CCOCCC(=O)Nc1ccc(F)cc1C#CCCO. The Kier molecular flexibility index (Phi) is 7.33. The number of aliphatic hydroxyl groups excluding tert-OH is 1. The Morgan fingerprint density at radius 1 is 1.50 bits per heavy atom. The van der Waals surface area contributed by atoms with Crippen LogP contribution in [0.25, 0.3) is 0 Å². The molecule has 0 aliphatic heterocycles. The Morgan fingerprint density at radius 2 is 2.30 bits per heavy atom. The molecule has 1 aromatic rings. The predicted molar refractivity (Wildman–Crippen MR) is 74.7 cm³/mol. The summed E-state index contributed by atoms with van der Waals surface area (Å²) in [6.07, 6.45) is 0.531. The fourth-order valence-electron chi connectivity index (χ4n) is 1.46. The molecule has 1 aromatic carbocycles. The third-order valence-corrected chi connectivity index (χ3v) is 2.39. The number of halogens is 1. The maximum atomic E-state index is 13.2. The number of ether oxygens (including phenoxy) is 1. The van der Waals surface area contributed by atoms with E-state index in [9.17, 15) is 9.18 Å². The van der Waals surface area contributed by atoms with Gasteiger partial charge in [-0.25, -0.2) is 4.39 Å². The van der Waals surface area contributed by atoms with Crippen LogP contribution in [0.2, 0.25) is 0 Å². The average Bonchev–Trinajstić information content (AvgIpc) is 2.42. The number of rotatable bonds is 6. The highest BCUT2D eigenvalue weighted by Crippen LogP contribution is 2.16. The van der Waals surface area contributed by atoms with Crippen molar-refractivity contribution >= 4 is 11.6 Å². The lowest BCUT2D eigenvalue weighted by molar-refractivity contribution is -0.117. The highest BCUT2D eigenvalue weighted by molar-refractivity contribution is 5.92. The fourth-order valence-corrected chi connectivity index (χ4v) is 1.46. The van der Waals surface area contributed by atoms with Gasteiger partial charge in [0.05, 0.1) is 30.9 Å². The number of carbonyl (C=O) groups is 1. The molecular weight excluding hydrogens is 261 g/mol. The van der Waals surface area contributed by atoms with Gasteiger partial charge in [0.2, 0.25) is 5.91 Å². The first-order chi connectivity index (χ1) is 9.67. The zero-order chi connectivity index (χ0) is 14.8. The van der Waals surface area contributed by atoms with Crippen molar-refractivity contribution in [2.45, 2.75) is 19.8 Å². The van der Waals surface area contributed by atoms with E-state index in [1.165, 1.54) is 18.2 Å². The first-order valence-corrected chi connectivity index (χ1v) is 6.44. The van der Waals surface area contributed by atoms with E-state index in [0.717, 1.165) is 0 Å². The number of hydrogen-bond acceptors (Lipinski definition) is 3. The summed E-state index contributed by atoms with van der Waals surface area (Å²) in [7, 11) is 0. The molecule has 0 fully saturated rings. The summed E-state index contributed by atoms with van der Waals surface area (Å²) in [6, 6.07) is 3.98. The minimum Gasteiger partial charge on any atom is -0.395 e. The molecule has 20 heavy (non-hydrogen) atoms. The van der Waals surface area contributed by atoms with Crippen LogP contribution in [0.4, 0.5) is 10.1 Å². The number of benzene rings is 1. The van der Waals surface area contributed by atoms with Crippen LogP contribution in [0.1, 0.15) is 25.3 Å². The van der Waals surface area contributed by atoms with Crippen molar-refractivity contribution in [2.24, 2.45) is 0 Å². The number of nitrogens with one attached hydrogen (secondary N) is 1. The lowest BCUT2D eigenvalue weighted by atomic mass is 10.1. The fraction of sp³-hybridized carbons (Fsp3) is 0.400. The second-order valence-corrected chi connectivity index (χ2v) is 3.96. The van der Waals surface area contributed by atoms with Crippen molar-refractivity contribution in [2.75, 3.05) is 25.1 Å². The lowest BCUT2D eigenvalue weighted by Gasteiger charge is -2.07. The standard InChI is InChI=1S/C15H18FNO3/c1-2-20-10-8-15(19)17-14-7-6-13(16)11-12(14)5-3-4-9-18/h6-7,11,18H,2,4,8-10H2,1H3,(H,17,19). The predicted octanol–water partition coefficient (Wildman–Crippen LogP) is 1.92. The summed E-state index contributed by atoms with van der Waals surface area (Å²) >= 11 is 0. The molecular formula is C15H18FNO3. The third-order valence-electron chi connectivity index (χ3n) is 2.39. The number of amides is 1. The van der Waals surface area contributed by atoms with E-state index in [2.05, 4.69) is 17.2 Å². The summed E-state index contributed by atoms with van der Waals surface area (Å²) in [4.78, 5) is 11.7. The number of aliphatic hydroxyl groups is 1. The second kappa shape index (κ2) is 9.08. The van der Waals surface area contributed by atoms with Crippen molar-refractivity contribution in [1.29, 1.82) is 0 Å². The topological polar surface area (TPSA) is 58.6 Å². The van der Waals surface area contributed by atoms with E-state index in [-0.39, 0.29) is 18.9 Å². The van der Waals surface area contributed by atoms with Crippen molar-refractivity contribution in [3.63, 3.8) is 0 Å². The Balaban J connectivity index is 2.74. The van der Waals surface area contributed by atoms with Crippen molar-refractivity contribution in [3.8, 4) is 11.8 Å². The van der Waals surface area contributed by atoms with Crippen LogP contribution in [0, 0.1) is 17.7 Å². The summed E-state index contributed by atoms with van der Waals surface area (Å²) in [5.74, 6) is 4.80. The molecule has 0 aliphatic carbocycles. The van der Waals surface area contributed by atoms with Gasteiger partial charge in [-0.1, -0.05) is 11.8 Å². The van der Waals surface area contributed by atoms with Gasteiger partial charge in [-0.2, -0.15) is 0 Å². The van der Waals surface area contributed by atoms with Crippen LogP contribution in [-0.4, -0.2) is 30.8 Å². The van der Waals surface area contributed by atoms with E-state index < -0.39 is 5.82 Å². The van der Waals surface area contributed by atoms with Crippen LogP contribution in [0.3, 0.4) is 0 Å². The van der Waals surface area contributed by atoms with Gasteiger partial charge in [-0.3, -0.25) is 4.79 Å². The maximum Gasteiger partial charge on any atom is 0.226 e. The molecule has 0 spiro atoms.